The van der Waals surface area contributed by atoms with Crippen LogP contribution in [0.5, 0.6) is 0 Å². The van der Waals surface area contributed by atoms with Gasteiger partial charge >= 0.3 is 0 Å². The first-order valence-corrected chi connectivity index (χ1v) is 8.28. The lowest BCUT2D eigenvalue weighted by molar-refractivity contribution is -0.133. The first kappa shape index (κ1) is 15.7. The Labute approximate surface area is 136 Å². The quantitative estimate of drug-likeness (QED) is 0.911. The maximum absolute atomic E-state index is 12.4. The average molecular weight is 312 g/mol. The molecule has 2 atom stereocenters. The van der Waals surface area contributed by atoms with E-state index in [1.807, 2.05) is 18.0 Å². The molecule has 1 amide bonds. The first-order chi connectivity index (χ1) is 11.1. The highest BCUT2D eigenvalue weighted by atomic mass is 16.2. The number of nitrogens with two attached hydrogens (primary N) is 1. The van der Waals surface area contributed by atoms with Crippen molar-refractivity contribution >= 4 is 5.91 Å². The van der Waals surface area contributed by atoms with Crippen LogP contribution in [0.25, 0.3) is 11.3 Å². The van der Waals surface area contributed by atoms with Crippen LogP contribution in [0.3, 0.4) is 0 Å². The highest BCUT2D eigenvalue weighted by Gasteiger charge is 2.33. The number of benzene rings is 1. The van der Waals surface area contributed by atoms with Gasteiger partial charge in [0.2, 0.25) is 5.91 Å². The summed E-state index contributed by atoms with van der Waals surface area (Å²) in [6.45, 7) is 4.77. The first-order valence-electron chi connectivity index (χ1n) is 8.28. The van der Waals surface area contributed by atoms with Gasteiger partial charge < -0.3 is 15.6 Å². The molecule has 1 aliphatic rings. The zero-order valence-electron chi connectivity index (χ0n) is 13.7. The van der Waals surface area contributed by atoms with Gasteiger partial charge in [-0.3, -0.25) is 4.79 Å². The van der Waals surface area contributed by atoms with E-state index in [4.69, 9.17) is 5.73 Å². The lowest BCUT2D eigenvalue weighted by atomic mass is 10.1. The van der Waals surface area contributed by atoms with Gasteiger partial charge in [-0.2, -0.15) is 0 Å². The summed E-state index contributed by atoms with van der Waals surface area (Å²) >= 11 is 0. The van der Waals surface area contributed by atoms with E-state index in [0.717, 1.165) is 36.5 Å². The van der Waals surface area contributed by atoms with Crippen LogP contribution < -0.4 is 5.73 Å². The molecular weight excluding hydrogens is 288 g/mol. The number of carbonyl (C=O) groups is 1. The van der Waals surface area contributed by atoms with Gasteiger partial charge in [-0.05, 0) is 31.7 Å². The Morgan fingerprint density at radius 2 is 2.17 bits per heavy atom. The fraction of sp³-hybridized carbons (Fsp3) is 0.444. The number of carbonyl (C=O) groups excluding carboxylic acids is 1. The molecule has 1 aliphatic heterocycles. The molecule has 2 aromatic rings. The second kappa shape index (κ2) is 6.54. The third-order valence-corrected chi connectivity index (χ3v) is 4.57. The summed E-state index contributed by atoms with van der Waals surface area (Å²) in [7, 11) is 0. The molecule has 1 aromatic heterocycles. The second-order valence-corrected chi connectivity index (χ2v) is 6.25. The van der Waals surface area contributed by atoms with E-state index in [1.54, 1.807) is 0 Å². The maximum Gasteiger partial charge on any atom is 0.240 e. The molecule has 0 bridgehead atoms. The van der Waals surface area contributed by atoms with Gasteiger partial charge in [0, 0.05) is 6.54 Å². The highest BCUT2D eigenvalue weighted by molar-refractivity contribution is 5.82. The molecule has 0 radical (unpaired) electrons. The van der Waals surface area contributed by atoms with Crippen LogP contribution in [-0.4, -0.2) is 33.4 Å². The molecule has 5 heteroatoms. The van der Waals surface area contributed by atoms with Crippen LogP contribution >= 0.6 is 0 Å². The van der Waals surface area contributed by atoms with Gasteiger partial charge in [0.15, 0.2) is 0 Å². The van der Waals surface area contributed by atoms with Crippen LogP contribution in [0, 0.1) is 6.92 Å². The van der Waals surface area contributed by atoms with Gasteiger partial charge in [0.1, 0.15) is 5.82 Å². The monoisotopic (exact) mass is 312 g/mol. The topological polar surface area (TPSA) is 75.0 Å². The third kappa shape index (κ3) is 3.15. The molecule has 1 aromatic carbocycles. The summed E-state index contributed by atoms with van der Waals surface area (Å²) in [4.78, 5) is 22.2. The zero-order chi connectivity index (χ0) is 16.4. The molecule has 122 valence electrons. The minimum absolute atomic E-state index is 0.0132. The predicted molar refractivity (Wildman–Crippen MR) is 90.7 cm³/mol. The number of aromatic amines is 1. The van der Waals surface area contributed by atoms with E-state index in [9.17, 15) is 4.79 Å². The Hall–Kier alpha value is -2.14. The Kier molecular flexibility index (Phi) is 4.48. The number of nitrogens with zero attached hydrogens (tertiary/aromatic N) is 2. The van der Waals surface area contributed by atoms with Crippen molar-refractivity contribution < 1.29 is 4.79 Å². The largest absolute Gasteiger partial charge is 0.340 e. The zero-order valence-corrected chi connectivity index (χ0v) is 13.7. The summed E-state index contributed by atoms with van der Waals surface area (Å²) in [6.07, 6.45) is 4.44. The molecule has 0 spiro atoms. The van der Waals surface area contributed by atoms with Crippen LogP contribution in [0.15, 0.2) is 30.5 Å². The van der Waals surface area contributed by atoms with Gasteiger partial charge in [-0.15, -0.1) is 0 Å². The molecule has 1 fully saturated rings. The Balaban J connectivity index is 1.81. The number of hydrogen-bond donors (Lipinski definition) is 2. The molecule has 3 rings (SSSR count). The molecule has 5 nitrogen and oxygen atoms in total. The summed E-state index contributed by atoms with van der Waals surface area (Å²) in [5.74, 6) is 0.887. The Bertz CT molecular complexity index is 677. The summed E-state index contributed by atoms with van der Waals surface area (Å²) in [5, 5.41) is 0. The molecule has 0 saturated carbocycles. The molecule has 0 aliphatic carbocycles. The summed E-state index contributed by atoms with van der Waals surface area (Å²) < 4.78 is 0. The number of aryl methyl sites for hydroxylation is 1. The third-order valence-electron chi connectivity index (χ3n) is 4.57. The maximum atomic E-state index is 12.4. The number of imidazole rings is 1. The SMILES string of the molecule is CC[C@H](N)C(=O)N1CCC[C@H]1c1ncc(-c2ccc(C)cc2)[nH]1. The minimum atomic E-state index is -0.415. The fourth-order valence-corrected chi connectivity index (χ4v) is 3.09. The number of rotatable bonds is 4. The minimum Gasteiger partial charge on any atom is -0.340 e. The molecule has 0 unspecified atom stereocenters. The molecule has 23 heavy (non-hydrogen) atoms. The highest BCUT2D eigenvalue weighted by Crippen LogP contribution is 2.32. The molecule has 1 saturated heterocycles. The van der Waals surface area contributed by atoms with Crippen molar-refractivity contribution in [3.8, 4) is 11.3 Å². The summed E-state index contributed by atoms with van der Waals surface area (Å²) in [5.41, 5.74) is 9.25. The molecule has 3 N–H and O–H groups in total. The van der Waals surface area contributed by atoms with E-state index in [0.29, 0.717) is 6.42 Å². The van der Waals surface area contributed by atoms with Crippen LogP contribution in [0.1, 0.15) is 43.6 Å². The molecular formula is C18H24N4O. The standard InChI is InChI=1S/C18H24N4O/c1-3-14(19)18(23)22-10-4-5-16(22)17-20-11-15(21-17)13-8-6-12(2)7-9-13/h6-9,11,14,16H,3-5,10,19H2,1-2H3,(H,20,21)/t14-,16-/m0/s1. The number of aromatic nitrogens is 2. The normalized spacial score (nSPS) is 19.1. The Morgan fingerprint density at radius 1 is 1.43 bits per heavy atom. The van der Waals surface area contributed by atoms with Crippen molar-refractivity contribution in [2.75, 3.05) is 6.54 Å². The smallest absolute Gasteiger partial charge is 0.240 e. The van der Waals surface area contributed by atoms with Crippen molar-refractivity contribution in [2.45, 2.75) is 45.2 Å². The van der Waals surface area contributed by atoms with E-state index in [1.165, 1.54) is 5.56 Å². The van der Waals surface area contributed by atoms with Crippen LogP contribution in [-0.2, 0) is 4.79 Å². The van der Waals surface area contributed by atoms with E-state index >= 15 is 0 Å². The van der Waals surface area contributed by atoms with Crippen molar-refractivity contribution in [3.63, 3.8) is 0 Å². The van der Waals surface area contributed by atoms with E-state index in [-0.39, 0.29) is 11.9 Å². The second-order valence-electron chi connectivity index (χ2n) is 6.25. The lowest BCUT2D eigenvalue weighted by Crippen LogP contribution is -2.43. The van der Waals surface area contributed by atoms with Gasteiger partial charge in [0.05, 0.1) is 24.0 Å². The number of H-pyrrole nitrogens is 1. The predicted octanol–water partition coefficient (Wildman–Crippen LogP) is 2.79. The van der Waals surface area contributed by atoms with Crippen LogP contribution in [0.4, 0.5) is 0 Å². The van der Waals surface area contributed by atoms with Crippen molar-refractivity contribution in [3.05, 3.63) is 41.9 Å². The van der Waals surface area contributed by atoms with Crippen LogP contribution in [0.2, 0.25) is 0 Å². The summed E-state index contributed by atoms with van der Waals surface area (Å²) in [6, 6.07) is 7.93. The lowest BCUT2D eigenvalue weighted by Gasteiger charge is -2.25. The van der Waals surface area contributed by atoms with Crippen molar-refractivity contribution in [2.24, 2.45) is 5.73 Å². The number of hydrogen-bond acceptors (Lipinski definition) is 3. The fourth-order valence-electron chi connectivity index (χ4n) is 3.09. The van der Waals surface area contributed by atoms with Gasteiger partial charge in [0.25, 0.3) is 0 Å². The number of nitrogens with one attached hydrogen (secondary N) is 1. The number of likely N-dealkylation sites (tertiary alicyclic amines) is 1. The Morgan fingerprint density at radius 3 is 2.87 bits per heavy atom. The van der Waals surface area contributed by atoms with Gasteiger partial charge in [-0.25, -0.2) is 4.98 Å². The van der Waals surface area contributed by atoms with Gasteiger partial charge in [-0.1, -0.05) is 36.8 Å². The van der Waals surface area contributed by atoms with E-state index < -0.39 is 6.04 Å². The van der Waals surface area contributed by atoms with Crippen molar-refractivity contribution in [1.29, 1.82) is 0 Å². The number of amides is 1. The van der Waals surface area contributed by atoms with Crippen molar-refractivity contribution in [1.82, 2.24) is 14.9 Å². The van der Waals surface area contributed by atoms with E-state index in [2.05, 4.69) is 41.2 Å². The molecule has 2 heterocycles. The average Bonchev–Trinajstić information content (AvgIpc) is 3.22.